The van der Waals surface area contributed by atoms with Crippen molar-refractivity contribution in [1.82, 2.24) is 14.7 Å². The minimum absolute atomic E-state index is 0.0570. The van der Waals surface area contributed by atoms with Gasteiger partial charge in [-0.1, -0.05) is 0 Å². The smallest absolute Gasteiger partial charge is 0.240 e. The standard InChI is InChI=1S/C17H16FN3O2S2/c1-12-9-14(4-5-15(12)18)25(22,23)20-8-6-17-21-16(11-24-17)13-3-2-7-19-10-13/h2-5,7,9-11,20H,6,8H2,1H3. The summed E-state index contributed by atoms with van der Waals surface area (Å²) in [6, 6.07) is 7.50. The van der Waals surface area contributed by atoms with Crippen LogP contribution in [-0.2, 0) is 16.4 Å². The van der Waals surface area contributed by atoms with Gasteiger partial charge in [-0.2, -0.15) is 0 Å². The molecule has 0 spiro atoms. The number of thiazole rings is 1. The molecule has 0 unspecified atom stereocenters. The molecule has 2 heterocycles. The molecule has 0 amide bonds. The Hall–Kier alpha value is -2.16. The number of hydrogen-bond donors (Lipinski definition) is 1. The molecule has 0 saturated heterocycles. The van der Waals surface area contributed by atoms with E-state index in [0.717, 1.165) is 22.3 Å². The highest BCUT2D eigenvalue weighted by atomic mass is 32.2. The number of nitrogens with one attached hydrogen (secondary N) is 1. The summed E-state index contributed by atoms with van der Waals surface area (Å²) < 4.78 is 40.3. The summed E-state index contributed by atoms with van der Waals surface area (Å²) in [5.41, 5.74) is 2.04. The number of benzene rings is 1. The van der Waals surface area contributed by atoms with Crippen LogP contribution >= 0.6 is 11.3 Å². The van der Waals surface area contributed by atoms with Crippen LogP contribution in [-0.4, -0.2) is 24.9 Å². The highest BCUT2D eigenvalue weighted by molar-refractivity contribution is 7.89. The zero-order chi connectivity index (χ0) is 17.9. The highest BCUT2D eigenvalue weighted by Crippen LogP contribution is 2.21. The van der Waals surface area contributed by atoms with Crippen LogP contribution in [0.3, 0.4) is 0 Å². The fraction of sp³-hybridized carbons (Fsp3) is 0.176. The van der Waals surface area contributed by atoms with Gasteiger partial charge in [-0.3, -0.25) is 4.98 Å². The molecule has 0 aliphatic heterocycles. The lowest BCUT2D eigenvalue weighted by Crippen LogP contribution is -2.26. The molecule has 8 heteroatoms. The SMILES string of the molecule is Cc1cc(S(=O)(=O)NCCc2nc(-c3cccnc3)cs2)ccc1F. The average molecular weight is 377 g/mol. The molecule has 2 aromatic heterocycles. The third-order valence-electron chi connectivity index (χ3n) is 3.58. The Morgan fingerprint density at radius 2 is 2.12 bits per heavy atom. The van der Waals surface area contributed by atoms with E-state index in [2.05, 4.69) is 14.7 Å². The van der Waals surface area contributed by atoms with Crippen LogP contribution in [0.25, 0.3) is 11.3 Å². The fourth-order valence-corrected chi connectivity index (χ4v) is 4.16. The second-order valence-electron chi connectivity index (χ2n) is 5.43. The van der Waals surface area contributed by atoms with Gasteiger partial charge in [0.2, 0.25) is 10.0 Å². The summed E-state index contributed by atoms with van der Waals surface area (Å²) in [7, 11) is -3.66. The van der Waals surface area contributed by atoms with E-state index in [1.54, 1.807) is 12.4 Å². The predicted molar refractivity (Wildman–Crippen MR) is 95.4 cm³/mol. The summed E-state index contributed by atoms with van der Waals surface area (Å²) in [5.74, 6) is -0.426. The molecule has 0 aliphatic rings. The van der Waals surface area contributed by atoms with E-state index in [4.69, 9.17) is 0 Å². The first-order valence-corrected chi connectivity index (χ1v) is 9.92. The first-order chi connectivity index (χ1) is 12.0. The van der Waals surface area contributed by atoms with Gasteiger partial charge in [-0.15, -0.1) is 11.3 Å². The monoisotopic (exact) mass is 377 g/mol. The maximum atomic E-state index is 13.3. The van der Waals surface area contributed by atoms with Crippen LogP contribution < -0.4 is 4.72 Å². The van der Waals surface area contributed by atoms with Crippen molar-refractivity contribution in [3.63, 3.8) is 0 Å². The number of aryl methyl sites for hydroxylation is 1. The van der Waals surface area contributed by atoms with Gasteiger partial charge in [0.25, 0.3) is 0 Å². The summed E-state index contributed by atoms with van der Waals surface area (Å²) >= 11 is 1.47. The Kier molecular flexibility index (Phi) is 5.22. The molecular formula is C17H16FN3O2S2. The van der Waals surface area contributed by atoms with E-state index in [1.807, 2.05) is 17.5 Å². The van der Waals surface area contributed by atoms with E-state index in [0.29, 0.717) is 12.0 Å². The van der Waals surface area contributed by atoms with Crippen LogP contribution in [0, 0.1) is 12.7 Å². The molecule has 0 fully saturated rings. The Morgan fingerprint density at radius 3 is 2.84 bits per heavy atom. The Morgan fingerprint density at radius 1 is 1.28 bits per heavy atom. The van der Waals surface area contributed by atoms with E-state index in [9.17, 15) is 12.8 Å². The van der Waals surface area contributed by atoms with Crippen LogP contribution in [0.5, 0.6) is 0 Å². The van der Waals surface area contributed by atoms with E-state index < -0.39 is 15.8 Å². The molecule has 130 valence electrons. The molecule has 1 aromatic carbocycles. The molecule has 3 rings (SSSR count). The maximum absolute atomic E-state index is 13.3. The van der Waals surface area contributed by atoms with Crippen molar-refractivity contribution in [2.75, 3.05) is 6.54 Å². The third kappa shape index (κ3) is 4.28. The van der Waals surface area contributed by atoms with Crippen molar-refractivity contribution in [1.29, 1.82) is 0 Å². The molecule has 0 bridgehead atoms. The minimum atomic E-state index is -3.66. The topological polar surface area (TPSA) is 72.0 Å². The van der Waals surface area contributed by atoms with Gasteiger partial charge < -0.3 is 0 Å². The van der Waals surface area contributed by atoms with Crippen molar-refractivity contribution >= 4 is 21.4 Å². The number of nitrogens with zero attached hydrogens (tertiary/aromatic N) is 2. The van der Waals surface area contributed by atoms with Crippen molar-refractivity contribution in [3.8, 4) is 11.3 Å². The molecule has 1 N–H and O–H groups in total. The Balaban J connectivity index is 1.63. The second-order valence-corrected chi connectivity index (χ2v) is 8.14. The molecule has 3 aromatic rings. The van der Waals surface area contributed by atoms with Crippen molar-refractivity contribution in [2.24, 2.45) is 0 Å². The van der Waals surface area contributed by atoms with E-state index in [1.165, 1.54) is 30.4 Å². The number of rotatable bonds is 6. The average Bonchev–Trinajstić information content (AvgIpc) is 3.07. The lowest BCUT2D eigenvalue weighted by molar-refractivity contribution is 0.580. The number of aromatic nitrogens is 2. The van der Waals surface area contributed by atoms with Gasteiger partial charge in [-0.05, 0) is 42.8 Å². The van der Waals surface area contributed by atoms with Crippen LogP contribution in [0.1, 0.15) is 10.6 Å². The predicted octanol–water partition coefficient (Wildman–Crippen LogP) is 3.17. The van der Waals surface area contributed by atoms with Crippen molar-refractivity contribution < 1.29 is 12.8 Å². The van der Waals surface area contributed by atoms with Crippen LogP contribution in [0.4, 0.5) is 4.39 Å². The quantitative estimate of drug-likeness (QED) is 0.716. The van der Waals surface area contributed by atoms with E-state index >= 15 is 0 Å². The molecular weight excluding hydrogens is 361 g/mol. The Bertz CT molecular complexity index is 973. The van der Waals surface area contributed by atoms with E-state index in [-0.39, 0.29) is 11.4 Å². The first kappa shape index (κ1) is 17.7. The molecule has 25 heavy (non-hydrogen) atoms. The minimum Gasteiger partial charge on any atom is -0.264 e. The highest BCUT2D eigenvalue weighted by Gasteiger charge is 2.15. The zero-order valence-corrected chi connectivity index (χ0v) is 15.1. The van der Waals surface area contributed by atoms with Crippen molar-refractivity contribution in [3.05, 3.63) is 64.5 Å². The largest absolute Gasteiger partial charge is 0.264 e. The summed E-state index contributed by atoms with van der Waals surface area (Å²) in [4.78, 5) is 8.61. The fourth-order valence-electron chi connectivity index (χ4n) is 2.23. The lowest BCUT2D eigenvalue weighted by Gasteiger charge is -2.07. The number of halogens is 1. The molecule has 0 saturated carbocycles. The summed E-state index contributed by atoms with van der Waals surface area (Å²) in [6.07, 6.45) is 3.91. The summed E-state index contributed by atoms with van der Waals surface area (Å²) in [6.45, 7) is 1.75. The molecule has 0 atom stereocenters. The summed E-state index contributed by atoms with van der Waals surface area (Å²) in [5, 5.41) is 2.75. The zero-order valence-electron chi connectivity index (χ0n) is 13.4. The van der Waals surface area contributed by atoms with Crippen molar-refractivity contribution in [2.45, 2.75) is 18.2 Å². The first-order valence-electron chi connectivity index (χ1n) is 7.56. The molecule has 0 radical (unpaired) electrons. The Labute approximate surface area is 149 Å². The maximum Gasteiger partial charge on any atom is 0.240 e. The van der Waals surface area contributed by atoms with Gasteiger partial charge in [0.15, 0.2) is 0 Å². The lowest BCUT2D eigenvalue weighted by atomic mass is 10.2. The van der Waals surface area contributed by atoms with Gasteiger partial charge >= 0.3 is 0 Å². The number of hydrogen-bond acceptors (Lipinski definition) is 5. The molecule has 0 aliphatic carbocycles. The second kappa shape index (κ2) is 7.38. The van der Waals surface area contributed by atoms with Gasteiger partial charge in [0.1, 0.15) is 5.82 Å². The van der Waals surface area contributed by atoms with Gasteiger partial charge in [0, 0.05) is 36.3 Å². The third-order valence-corrected chi connectivity index (χ3v) is 5.95. The molecule has 5 nitrogen and oxygen atoms in total. The van der Waals surface area contributed by atoms with Crippen LogP contribution in [0.15, 0.2) is 53.0 Å². The van der Waals surface area contributed by atoms with Gasteiger partial charge in [-0.25, -0.2) is 22.5 Å². The number of pyridine rings is 1. The number of sulfonamides is 1. The van der Waals surface area contributed by atoms with Crippen LogP contribution in [0.2, 0.25) is 0 Å². The van der Waals surface area contributed by atoms with Gasteiger partial charge in [0.05, 0.1) is 15.6 Å². The normalized spacial score (nSPS) is 11.6.